The van der Waals surface area contributed by atoms with Gasteiger partial charge in [-0.3, -0.25) is 4.90 Å². The van der Waals surface area contributed by atoms with Crippen LogP contribution in [0.15, 0.2) is 22.7 Å². The Labute approximate surface area is 132 Å². The molecule has 1 aromatic carbocycles. The summed E-state index contributed by atoms with van der Waals surface area (Å²) in [5.74, 6) is -0.339. The summed E-state index contributed by atoms with van der Waals surface area (Å²) in [5, 5.41) is 3.20. The van der Waals surface area contributed by atoms with Crippen molar-refractivity contribution in [2.75, 3.05) is 32.9 Å². The molecule has 1 atom stereocenters. The van der Waals surface area contributed by atoms with Crippen molar-refractivity contribution in [3.63, 3.8) is 0 Å². The van der Waals surface area contributed by atoms with E-state index in [0.29, 0.717) is 5.56 Å². The standard InChI is InChI=1S/C12H15BrF2N2.2ClH/c13-9-1-2-11(15)10(7-9)12(8-14)17-5-3-16-4-6-17;;/h1-2,7,12,16H,3-6,8H2;2*1H/t12-;;/m1../s1. The van der Waals surface area contributed by atoms with Crippen molar-refractivity contribution in [2.24, 2.45) is 0 Å². The molecule has 1 heterocycles. The van der Waals surface area contributed by atoms with Crippen molar-refractivity contribution < 1.29 is 8.78 Å². The zero-order valence-electron chi connectivity index (χ0n) is 10.2. The summed E-state index contributed by atoms with van der Waals surface area (Å²) in [6, 6.07) is 4.20. The van der Waals surface area contributed by atoms with Gasteiger partial charge in [-0.25, -0.2) is 8.78 Å². The van der Waals surface area contributed by atoms with Crippen LogP contribution >= 0.6 is 40.7 Å². The first-order valence-electron chi connectivity index (χ1n) is 5.68. The van der Waals surface area contributed by atoms with Gasteiger partial charge in [0.25, 0.3) is 0 Å². The molecule has 1 aliphatic heterocycles. The van der Waals surface area contributed by atoms with E-state index in [-0.39, 0.29) is 30.6 Å². The molecule has 0 saturated carbocycles. The molecule has 0 bridgehead atoms. The summed E-state index contributed by atoms with van der Waals surface area (Å²) in [5.41, 5.74) is 0.434. The summed E-state index contributed by atoms with van der Waals surface area (Å²) in [6.07, 6.45) is 0. The fourth-order valence-corrected chi connectivity index (χ4v) is 2.52. The number of hydrogen-bond acceptors (Lipinski definition) is 2. The van der Waals surface area contributed by atoms with E-state index >= 15 is 0 Å². The number of benzene rings is 1. The second kappa shape index (κ2) is 9.08. The number of halogens is 5. The Morgan fingerprint density at radius 2 is 1.89 bits per heavy atom. The van der Waals surface area contributed by atoms with Crippen molar-refractivity contribution in [1.29, 1.82) is 0 Å². The van der Waals surface area contributed by atoms with Gasteiger partial charge >= 0.3 is 0 Å². The van der Waals surface area contributed by atoms with Gasteiger partial charge in [-0.1, -0.05) is 15.9 Å². The van der Waals surface area contributed by atoms with E-state index in [9.17, 15) is 8.78 Å². The van der Waals surface area contributed by atoms with Gasteiger partial charge in [-0.15, -0.1) is 24.8 Å². The van der Waals surface area contributed by atoms with Crippen molar-refractivity contribution >= 4 is 40.7 Å². The molecule has 1 aromatic rings. The molecule has 2 rings (SSSR count). The van der Waals surface area contributed by atoms with Gasteiger partial charge in [-0.05, 0) is 18.2 Å². The first-order chi connectivity index (χ1) is 8.22. The Hall–Kier alpha value is 0.0600. The van der Waals surface area contributed by atoms with E-state index in [1.807, 2.05) is 4.90 Å². The van der Waals surface area contributed by atoms with E-state index < -0.39 is 12.7 Å². The van der Waals surface area contributed by atoms with Gasteiger partial charge in [0.15, 0.2) is 0 Å². The molecule has 1 aliphatic rings. The Morgan fingerprint density at radius 1 is 1.26 bits per heavy atom. The van der Waals surface area contributed by atoms with Crippen LogP contribution in [0.5, 0.6) is 0 Å². The highest BCUT2D eigenvalue weighted by atomic mass is 79.9. The van der Waals surface area contributed by atoms with Crippen molar-refractivity contribution in [2.45, 2.75) is 6.04 Å². The highest BCUT2D eigenvalue weighted by molar-refractivity contribution is 9.10. The van der Waals surface area contributed by atoms with Gasteiger partial charge in [0.2, 0.25) is 0 Å². The smallest absolute Gasteiger partial charge is 0.128 e. The van der Waals surface area contributed by atoms with Crippen molar-refractivity contribution in [3.8, 4) is 0 Å². The summed E-state index contributed by atoms with van der Waals surface area (Å²) < 4.78 is 27.7. The predicted molar refractivity (Wildman–Crippen MR) is 81.8 cm³/mol. The maximum atomic E-state index is 13.7. The number of nitrogens with one attached hydrogen (secondary N) is 1. The summed E-state index contributed by atoms with van der Waals surface area (Å²) in [6.45, 7) is 2.59. The van der Waals surface area contributed by atoms with Gasteiger partial charge < -0.3 is 5.32 Å². The normalized spacial score (nSPS) is 17.2. The monoisotopic (exact) mass is 376 g/mol. The van der Waals surface area contributed by atoms with Crippen LogP contribution in [-0.2, 0) is 0 Å². The van der Waals surface area contributed by atoms with E-state index in [2.05, 4.69) is 21.2 Å². The lowest BCUT2D eigenvalue weighted by molar-refractivity contribution is 0.144. The minimum absolute atomic E-state index is 0. The predicted octanol–water partition coefficient (Wildman–Crippen LogP) is 3.35. The summed E-state index contributed by atoms with van der Waals surface area (Å²) in [7, 11) is 0. The van der Waals surface area contributed by atoms with Crippen LogP contribution in [0.1, 0.15) is 11.6 Å². The van der Waals surface area contributed by atoms with Gasteiger partial charge in [0.1, 0.15) is 12.5 Å². The number of piperazine rings is 1. The Bertz CT molecular complexity index is 390. The highest BCUT2D eigenvalue weighted by Gasteiger charge is 2.24. The Kier molecular flexibility index (Phi) is 9.11. The molecule has 19 heavy (non-hydrogen) atoms. The lowest BCUT2D eigenvalue weighted by atomic mass is 10.1. The minimum atomic E-state index is -0.562. The van der Waals surface area contributed by atoms with Crippen LogP contribution in [0.4, 0.5) is 8.78 Å². The minimum Gasteiger partial charge on any atom is -0.314 e. The van der Waals surface area contributed by atoms with E-state index in [4.69, 9.17) is 0 Å². The number of nitrogens with zero attached hydrogens (tertiary/aromatic N) is 1. The van der Waals surface area contributed by atoms with Gasteiger partial charge in [0, 0.05) is 36.2 Å². The van der Waals surface area contributed by atoms with Crippen LogP contribution in [-0.4, -0.2) is 37.8 Å². The summed E-state index contributed by atoms with van der Waals surface area (Å²) in [4.78, 5) is 1.99. The zero-order chi connectivity index (χ0) is 12.3. The van der Waals surface area contributed by atoms with Crippen LogP contribution in [0, 0.1) is 5.82 Å². The average molecular weight is 378 g/mol. The third kappa shape index (κ3) is 4.83. The fourth-order valence-electron chi connectivity index (χ4n) is 2.14. The lowest BCUT2D eigenvalue weighted by Gasteiger charge is -2.33. The molecule has 0 unspecified atom stereocenters. The average Bonchev–Trinajstić information content (AvgIpc) is 2.36. The molecular formula is C12H17BrCl2F2N2. The van der Waals surface area contributed by atoms with Gasteiger partial charge in [-0.2, -0.15) is 0 Å². The second-order valence-corrected chi connectivity index (χ2v) is 5.04. The van der Waals surface area contributed by atoms with Crippen molar-refractivity contribution in [3.05, 3.63) is 34.1 Å². The molecule has 0 aliphatic carbocycles. The third-order valence-corrected chi connectivity index (χ3v) is 3.55. The molecule has 0 amide bonds. The first kappa shape index (κ1) is 19.1. The number of alkyl halides is 1. The van der Waals surface area contributed by atoms with Crippen molar-refractivity contribution in [1.82, 2.24) is 10.2 Å². The molecule has 1 fully saturated rings. The number of rotatable bonds is 3. The topological polar surface area (TPSA) is 15.3 Å². The molecule has 0 aromatic heterocycles. The Morgan fingerprint density at radius 3 is 2.47 bits per heavy atom. The van der Waals surface area contributed by atoms with Crippen LogP contribution in [0.25, 0.3) is 0 Å². The maximum Gasteiger partial charge on any atom is 0.128 e. The Balaban J connectivity index is 0.00000162. The van der Waals surface area contributed by atoms with E-state index in [1.165, 1.54) is 6.07 Å². The third-order valence-electron chi connectivity index (χ3n) is 3.06. The molecule has 1 N–H and O–H groups in total. The molecule has 1 saturated heterocycles. The highest BCUT2D eigenvalue weighted by Crippen LogP contribution is 2.27. The molecule has 2 nitrogen and oxygen atoms in total. The maximum absolute atomic E-state index is 13.7. The number of hydrogen-bond donors (Lipinski definition) is 1. The summed E-state index contributed by atoms with van der Waals surface area (Å²) >= 11 is 3.30. The molecule has 0 spiro atoms. The SMILES string of the molecule is Cl.Cl.FC[C@H](c1cc(Br)ccc1F)N1CCNCC1. The first-order valence-corrected chi connectivity index (χ1v) is 6.47. The fraction of sp³-hybridized carbons (Fsp3) is 0.500. The van der Waals surface area contributed by atoms with E-state index in [0.717, 1.165) is 30.7 Å². The van der Waals surface area contributed by atoms with Crippen LogP contribution in [0.3, 0.4) is 0 Å². The largest absolute Gasteiger partial charge is 0.314 e. The molecule has 0 radical (unpaired) electrons. The molecule has 110 valence electrons. The van der Waals surface area contributed by atoms with Gasteiger partial charge in [0.05, 0.1) is 6.04 Å². The van der Waals surface area contributed by atoms with E-state index in [1.54, 1.807) is 12.1 Å². The zero-order valence-corrected chi connectivity index (χ0v) is 13.5. The van der Waals surface area contributed by atoms with Crippen LogP contribution < -0.4 is 5.32 Å². The molecule has 7 heteroatoms. The molecular weight excluding hydrogens is 361 g/mol. The lowest BCUT2D eigenvalue weighted by Crippen LogP contribution is -2.45. The second-order valence-electron chi connectivity index (χ2n) is 4.12. The van der Waals surface area contributed by atoms with Crippen LogP contribution in [0.2, 0.25) is 0 Å². The quantitative estimate of drug-likeness (QED) is 0.868.